The standard InChI is InChI=1S/C5H4BrClN2.ClH/c6-4-2-8-5(1-7)9-3-4;/h2-3H,1H2;1H. The molecule has 1 aromatic rings. The molecule has 0 aliphatic heterocycles. The Morgan fingerprint density at radius 2 is 1.90 bits per heavy atom. The van der Waals surface area contributed by atoms with Crippen molar-refractivity contribution in [3.63, 3.8) is 0 Å². The summed E-state index contributed by atoms with van der Waals surface area (Å²) in [6.07, 6.45) is 3.34. The van der Waals surface area contributed by atoms with E-state index in [1.165, 1.54) is 0 Å². The Kier molecular flexibility index (Phi) is 4.95. The Morgan fingerprint density at radius 3 is 2.30 bits per heavy atom. The number of rotatable bonds is 1. The molecule has 10 heavy (non-hydrogen) atoms. The summed E-state index contributed by atoms with van der Waals surface area (Å²) in [5, 5.41) is 0. The second-order valence-electron chi connectivity index (χ2n) is 1.45. The van der Waals surface area contributed by atoms with Crippen LogP contribution in [0.5, 0.6) is 0 Å². The van der Waals surface area contributed by atoms with Crippen molar-refractivity contribution in [3.8, 4) is 0 Å². The van der Waals surface area contributed by atoms with Gasteiger partial charge in [0.1, 0.15) is 5.82 Å². The SMILES string of the molecule is Cl.ClCc1ncc(Br)cn1. The Bertz CT molecular complexity index is 189. The number of halogens is 3. The largest absolute Gasteiger partial charge is 0.239 e. The number of hydrogen-bond acceptors (Lipinski definition) is 2. The summed E-state index contributed by atoms with van der Waals surface area (Å²) in [5.74, 6) is 1.02. The lowest BCUT2D eigenvalue weighted by Gasteiger charge is -1.90. The van der Waals surface area contributed by atoms with E-state index in [0.717, 1.165) is 4.47 Å². The van der Waals surface area contributed by atoms with Crippen LogP contribution >= 0.6 is 39.9 Å². The molecule has 0 spiro atoms. The molecule has 0 saturated heterocycles. The third kappa shape index (κ3) is 2.82. The second kappa shape index (κ2) is 4.88. The van der Waals surface area contributed by atoms with E-state index < -0.39 is 0 Å². The van der Waals surface area contributed by atoms with E-state index in [4.69, 9.17) is 11.6 Å². The molecule has 2 nitrogen and oxygen atoms in total. The molecule has 1 heterocycles. The summed E-state index contributed by atoms with van der Waals surface area (Å²) in [6, 6.07) is 0. The molecule has 56 valence electrons. The van der Waals surface area contributed by atoms with E-state index in [9.17, 15) is 0 Å². The fourth-order valence-electron chi connectivity index (χ4n) is 0.408. The maximum absolute atomic E-state index is 5.44. The zero-order valence-corrected chi connectivity index (χ0v) is 8.08. The van der Waals surface area contributed by atoms with Crippen molar-refractivity contribution < 1.29 is 0 Å². The average Bonchev–Trinajstić information content (AvgIpc) is 1.90. The van der Waals surface area contributed by atoms with E-state index in [2.05, 4.69) is 25.9 Å². The summed E-state index contributed by atoms with van der Waals surface area (Å²) in [6.45, 7) is 0. The third-order valence-corrected chi connectivity index (χ3v) is 1.44. The highest BCUT2D eigenvalue weighted by atomic mass is 79.9. The normalized spacial score (nSPS) is 8.60. The first-order valence-corrected chi connectivity index (χ1v) is 3.68. The minimum Gasteiger partial charge on any atom is -0.239 e. The molecule has 0 atom stereocenters. The third-order valence-electron chi connectivity index (χ3n) is 0.793. The van der Waals surface area contributed by atoms with Gasteiger partial charge < -0.3 is 0 Å². The van der Waals surface area contributed by atoms with Crippen LogP contribution in [0.25, 0.3) is 0 Å². The number of hydrogen-bond donors (Lipinski definition) is 0. The Balaban J connectivity index is 0.000000810. The monoisotopic (exact) mass is 242 g/mol. The van der Waals surface area contributed by atoms with Gasteiger partial charge in [-0.2, -0.15) is 0 Å². The van der Waals surface area contributed by atoms with Crippen molar-refractivity contribution in [1.82, 2.24) is 9.97 Å². The van der Waals surface area contributed by atoms with Crippen LogP contribution in [-0.4, -0.2) is 9.97 Å². The molecule has 0 aromatic carbocycles. The minimum absolute atomic E-state index is 0. The number of nitrogens with zero attached hydrogens (tertiary/aromatic N) is 2. The molecule has 5 heteroatoms. The van der Waals surface area contributed by atoms with Gasteiger partial charge in [0.05, 0.1) is 10.4 Å². The highest BCUT2D eigenvalue weighted by Crippen LogP contribution is 2.04. The Labute approximate surface area is 78.6 Å². The summed E-state index contributed by atoms with van der Waals surface area (Å²) in [4.78, 5) is 7.81. The van der Waals surface area contributed by atoms with Crippen LogP contribution in [0.15, 0.2) is 16.9 Å². The predicted molar refractivity (Wildman–Crippen MR) is 46.5 cm³/mol. The van der Waals surface area contributed by atoms with E-state index in [1.54, 1.807) is 12.4 Å². The van der Waals surface area contributed by atoms with Crippen molar-refractivity contribution in [2.45, 2.75) is 5.88 Å². The van der Waals surface area contributed by atoms with Gasteiger partial charge in [-0.3, -0.25) is 0 Å². The van der Waals surface area contributed by atoms with Crippen LogP contribution in [0.2, 0.25) is 0 Å². The molecule has 0 aliphatic carbocycles. The van der Waals surface area contributed by atoms with Crippen LogP contribution in [0.4, 0.5) is 0 Å². The molecule has 0 fully saturated rings. The molecular formula is C5H5BrCl2N2. The molecular weight excluding hydrogens is 239 g/mol. The molecule has 0 radical (unpaired) electrons. The van der Waals surface area contributed by atoms with Crippen molar-refractivity contribution in [2.75, 3.05) is 0 Å². The van der Waals surface area contributed by atoms with Crippen molar-refractivity contribution in [1.29, 1.82) is 0 Å². The van der Waals surface area contributed by atoms with Gasteiger partial charge >= 0.3 is 0 Å². The van der Waals surface area contributed by atoms with E-state index in [1.807, 2.05) is 0 Å². The van der Waals surface area contributed by atoms with E-state index in [-0.39, 0.29) is 12.4 Å². The summed E-state index contributed by atoms with van der Waals surface area (Å²) >= 11 is 8.65. The van der Waals surface area contributed by atoms with Crippen molar-refractivity contribution in [2.24, 2.45) is 0 Å². The lowest BCUT2D eigenvalue weighted by Crippen LogP contribution is -1.87. The predicted octanol–water partition coefficient (Wildman–Crippen LogP) is 2.40. The number of aromatic nitrogens is 2. The quantitative estimate of drug-likeness (QED) is 0.708. The van der Waals surface area contributed by atoms with Gasteiger partial charge in [-0.1, -0.05) is 0 Å². The molecule has 0 N–H and O–H groups in total. The zero-order chi connectivity index (χ0) is 6.69. The molecule has 1 rings (SSSR count). The average molecular weight is 244 g/mol. The van der Waals surface area contributed by atoms with Crippen molar-refractivity contribution in [3.05, 3.63) is 22.7 Å². The lowest BCUT2D eigenvalue weighted by atomic mass is 10.6. The van der Waals surface area contributed by atoms with Gasteiger partial charge in [-0.05, 0) is 15.9 Å². The summed E-state index contributed by atoms with van der Waals surface area (Å²) in [5.41, 5.74) is 0. The maximum atomic E-state index is 5.44. The number of alkyl halides is 1. The van der Waals surface area contributed by atoms with Gasteiger partial charge in [0.15, 0.2) is 0 Å². The van der Waals surface area contributed by atoms with Gasteiger partial charge in [0.25, 0.3) is 0 Å². The Hall–Kier alpha value is 0.140. The van der Waals surface area contributed by atoms with E-state index in [0.29, 0.717) is 11.7 Å². The topological polar surface area (TPSA) is 25.8 Å². The zero-order valence-electron chi connectivity index (χ0n) is 4.92. The fraction of sp³-hybridized carbons (Fsp3) is 0.200. The molecule has 1 aromatic heterocycles. The molecule has 0 bridgehead atoms. The van der Waals surface area contributed by atoms with Crippen LogP contribution in [-0.2, 0) is 5.88 Å². The Morgan fingerprint density at radius 1 is 1.40 bits per heavy atom. The molecule has 0 saturated carbocycles. The molecule has 0 unspecified atom stereocenters. The van der Waals surface area contributed by atoms with Gasteiger partial charge in [0.2, 0.25) is 0 Å². The van der Waals surface area contributed by atoms with Crippen LogP contribution in [0.3, 0.4) is 0 Å². The minimum atomic E-state index is 0. The first-order chi connectivity index (χ1) is 4.33. The van der Waals surface area contributed by atoms with Crippen LogP contribution in [0, 0.1) is 0 Å². The molecule has 0 amide bonds. The second-order valence-corrected chi connectivity index (χ2v) is 2.63. The highest BCUT2D eigenvalue weighted by molar-refractivity contribution is 9.10. The van der Waals surface area contributed by atoms with Crippen LogP contribution in [0.1, 0.15) is 5.82 Å². The van der Waals surface area contributed by atoms with Gasteiger partial charge in [-0.15, -0.1) is 24.0 Å². The maximum Gasteiger partial charge on any atom is 0.143 e. The summed E-state index contributed by atoms with van der Waals surface area (Å²) < 4.78 is 0.872. The highest BCUT2D eigenvalue weighted by Gasteiger charge is 1.90. The first kappa shape index (κ1) is 10.1. The summed E-state index contributed by atoms with van der Waals surface area (Å²) in [7, 11) is 0. The fourth-order valence-corrected chi connectivity index (χ4v) is 0.751. The van der Waals surface area contributed by atoms with Gasteiger partial charge in [-0.25, -0.2) is 9.97 Å². The van der Waals surface area contributed by atoms with E-state index >= 15 is 0 Å². The van der Waals surface area contributed by atoms with Crippen LogP contribution < -0.4 is 0 Å². The first-order valence-electron chi connectivity index (χ1n) is 2.35. The van der Waals surface area contributed by atoms with Gasteiger partial charge in [0, 0.05) is 12.4 Å². The smallest absolute Gasteiger partial charge is 0.143 e. The van der Waals surface area contributed by atoms with Crippen molar-refractivity contribution >= 4 is 39.9 Å². The molecule has 0 aliphatic rings. The lowest BCUT2D eigenvalue weighted by molar-refractivity contribution is 1.02.